The van der Waals surface area contributed by atoms with E-state index < -0.39 is 10.5 Å². The van der Waals surface area contributed by atoms with Crippen LogP contribution in [0, 0.1) is 0 Å². The highest BCUT2D eigenvalue weighted by atomic mass is 35.5. The molecule has 0 radical (unpaired) electrons. The number of rotatable bonds is 8. The van der Waals surface area contributed by atoms with E-state index in [9.17, 15) is 9.59 Å². The van der Waals surface area contributed by atoms with Crippen molar-refractivity contribution in [1.29, 1.82) is 0 Å². The van der Waals surface area contributed by atoms with Gasteiger partial charge in [-0.25, -0.2) is 10.9 Å². The summed E-state index contributed by atoms with van der Waals surface area (Å²) in [6, 6.07) is 9.96. The van der Waals surface area contributed by atoms with Crippen LogP contribution in [0.4, 0.5) is 0 Å². The Morgan fingerprint density at radius 1 is 0.774 bits per heavy atom. The molecule has 164 valence electrons. The van der Waals surface area contributed by atoms with Crippen LogP contribution in [0.25, 0.3) is 0 Å². The molecule has 0 aliphatic carbocycles. The number of thioether (sulfide) groups is 1. The molecule has 2 atom stereocenters. The van der Waals surface area contributed by atoms with Gasteiger partial charge in [0.05, 0.1) is 43.0 Å². The molecule has 2 amide bonds. The fourth-order valence-electron chi connectivity index (χ4n) is 2.14. The highest BCUT2D eigenvalue weighted by Crippen LogP contribution is 2.23. The Hall–Kier alpha value is -1.77. The summed E-state index contributed by atoms with van der Waals surface area (Å²) in [6.07, 6.45) is 2.90. The molecule has 2 rings (SSSR count). The molecular weight excluding hydrogens is 502 g/mol. The third kappa shape index (κ3) is 8.35. The van der Waals surface area contributed by atoms with E-state index in [-0.39, 0.29) is 11.8 Å². The van der Waals surface area contributed by atoms with Crippen LogP contribution in [0.15, 0.2) is 46.6 Å². The van der Waals surface area contributed by atoms with Crippen LogP contribution in [0.3, 0.4) is 0 Å². The lowest BCUT2D eigenvalue weighted by Crippen LogP contribution is -2.33. The number of nitrogens with one attached hydrogen (secondary N) is 2. The number of carbonyl (C=O) groups is 2. The predicted molar refractivity (Wildman–Crippen MR) is 131 cm³/mol. The summed E-state index contributed by atoms with van der Waals surface area (Å²) in [4.78, 5) is 24.4. The molecule has 0 saturated carbocycles. The second kappa shape index (κ2) is 12.3. The van der Waals surface area contributed by atoms with E-state index in [4.69, 9.17) is 46.4 Å². The first kappa shape index (κ1) is 25.5. The van der Waals surface area contributed by atoms with E-state index in [0.29, 0.717) is 31.2 Å². The minimum atomic E-state index is -0.522. The van der Waals surface area contributed by atoms with Crippen molar-refractivity contribution in [2.75, 3.05) is 0 Å². The number of hydrogen-bond donors (Lipinski definition) is 2. The first-order valence-electron chi connectivity index (χ1n) is 8.88. The number of carbonyl (C=O) groups excluding carboxylic acids is 2. The van der Waals surface area contributed by atoms with E-state index in [1.807, 2.05) is 0 Å². The molecule has 11 heteroatoms. The van der Waals surface area contributed by atoms with Crippen LogP contribution >= 0.6 is 58.2 Å². The summed E-state index contributed by atoms with van der Waals surface area (Å²) in [5, 5.41) is 8.40. The highest BCUT2D eigenvalue weighted by molar-refractivity contribution is 8.01. The second-order valence-electron chi connectivity index (χ2n) is 6.24. The van der Waals surface area contributed by atoms with Gasteiger partial charge in [0, 0.05) is 0 Å². The number of hydrogen-bond acceptors (Lipinski definition) is 5. The molecule has 2 aromatic carbocycles. The van der Waals surface area contributed by atoms with Gasteiger partial charge in [-0.3, -0.25) is 9.59 Å². The Kier molecular flexibility index (Phi) is 10.1. The third-order valence-corrected chi connectivity index (χ3v) is 6.53. The van der Waals surface area contributed by atoms with Crippen molar-refractivity contribution in [3.63, 3.8) is 0 Å². The fraction of sp³-hybridized carbons (Fsp3) is 0.200. The standard InChI is InChI=1S/C20H18Cl4N4O2S/c1-11(19(29)27-25-9-13-3-5-15(21)17(23)7-13)31-12(2)20(30)28-26-10-14-4-6-16(22)18(24)8-14/h3-12H,1-2H3,(H,27,29)(H,28,30)/b25-9-,26-10+. The topological polar surface area (TPSA) is 82.9 Å². The van der Waals surface area contributed by atoms with Gasteiger partial charge in [0.25, 0.3) is 11.8 Å². The van der Waals surface area contributed by atoms with E-state index in [2.05, 4.69) is 21.1 Å². The Bertz CT molecular complexity index is 937. The Labute approximate surface area is 204 Å². The molecule has 0 saturated heterocycles. The number of halogens is 4. The average Bonchev–Trinajstić information content (AvgIpc) is 2.72. The van der Waals surface area contributed by atoms with Gasteiger partial charge < -0.3 is 0 Å². The smallest absolute Gasteiger partial charge is 0.252 e. The van der Waals surface area contributed by atoms with Crippen LogP contribution in [-0.2, 0) is 9.59 Å². The molecule has 31 heavy (non-hydrogen) atoms. The SMILES string of the molecule is CC(SC(C)C(=O)N/N=C/c1ccc(Cl)c(Cl)c1)C(=O)N/N=C\c1ccc(Cl)c(Cl)c1. The summed E-state index contributed by atoms with van der Waals surface area (Å²) in [5.41, 5.74) is 6.23. The molecule has 0 heterocycles. The maximum absolute atomic E-state index is 12.2. The lowest BCUT2D eigenvalue weighted by atomic mass is 10.2. The normalized spacial score (nSPS) is 13.4. The van der Waals surface area contributed by atoms with Crippen LogP contribution in [0.2, 0.25) is 20.1 Å². The molecular formula is C20H18Cl4N4O2S. The zero-order chi connectivity index (χ0) is 23.0. The van der Waals surface area contributed by atoms with Crippen molar-refractivity contribution in [3.05, 3.63) is 67.6 Å². The fourth-order valence-corrected chi connectivity index (χ4v) is 3.72. The van der Waals surface area contributed by atoms with Gasteiger partial charge in [-0.15, -0.1) is 11.8 Å². The Morgan fingerprint density at radius 3 is 1.52 bits per heavy atom. The van der Waals surface area contributed by atoms with E-state index in [0.717, 1.165) is 0 Å². The maximum Gasteiger partial charge on any atom is 0.252 e. The molecule has 0 aliphatic rings. The summed E-state index contributed by atoms with van der Waals surface area (Å²) < 4.78 is 0. The molecule has 6 nitrogen and oxygen atoms in total. The minimum Gasteiger partial charge on any atom is -0.272 e. The molecule has 0 bridgehead atoms. The van der Waals surface area contributed by atoms with Gasteiger partial charge in [0.2, 0.25) is 0 Å². The molecule has 0 fully saturated rings. The van der Waals surface area contributed by atoms with Gasteiger partial charge in [-0.1, -0.05) is 58.5 Å². The minimum absolute atomic E-state index is 0.347. The van der Waals surface area contributed by atoms with Gasteiger partial charge in [0.15, 0.2) is 0 Å². The van der Waals surface area contributed by atoms with Gasteiger partial charge >= 0.3 is 0 Å². The molecule has 2 unspecified atom stereocenters. The van der Waals surface area contributed by atoms with Crippen molar-refractivity contribution >= 4 is 82.4 Å². The van der Waals surface area contributed by atoms with Crippen molar-refractivity contribution < 1.29 is 9.59 Å². The molecule has 0 spiro atoms. The largest absolute Gasteiger partial charge is 0.272 e. The van der Waals surface area contributed by atoms with Crippen LogP contribution in [-0.4, -0.2) is 34.7 Å². The number of hydrazone groups is 2. The maximum atomic E-state index is 12.2. The first-order chi connectivity index (χ1) is 14.7. The summed E-state index contributed by atoms with van der Waals surface area (Å²) in [6.45, 7) is 3.36. The second-order valence-corrected chi connectivity index (χ2v) is 9.55. The van der Waals surface area contributed by atoms with Crippen molar-refractivity contribution in [3.8, 4) is 0 Å². The van der Waals surface area contributed by atoms with Crippen LogP contribution in [0.1, 0.15) is 25.0 Å². The van der Waals surface area contributed by atoms with Gasteiger partial charge in [-0.2, -0.15) is 10.2 Å². The zero-order valence-electron chi connectivity index (χ0n) is 16.4. The molecule has 2 N–H and O–H groups in total. The predicted octanol–water partition coefficient (Wildman–Crippen LogP) is 5.41. The van der Waals surface area contributed by atoms with Gasteiger partial charge in [0.1, 0.15) is 0 Å². The van der Waals surface area contributed by atoms with E-state index in [1.54, 1.807) is 50.2 Å². The van der Waals surface area contributed by atoms with E-state index >= 15 is 0 Å². The van der Waals surface area contributed by atoms with E-state index in [1.165, 1.54) is 24.2 Å². The summed E-state index contributed by atoms with van der Waals surface area (Å²) in [7, 11) is 0. The summed E-state index contributed by atoms with van der Waals surface area (Å²) in [5.74, 6) is -0.694. The van der Waals surface area contributed by atoms with Crippen LogP contribution < -0.4 is 10.9 Å². The van der Waals surface area contributed by atoms with Gasteiger partial charge in [-0.05, 0) is 49.2 Å². The Morgan fingerprint density at radius 2 is 1.16 bits per heavy atom. The van der Waals surface area contributed by atoms with Crippen molar-refractivity contribution in [1.82, 2.24) is 10.9 Å². The lowest BCUT2D eigenvalue weighted by Gasteiger charge is -2.14. The Balaban J connectivity index is 1.80. The number of benzene rings is 2. The quantitative estimate of drug-likeness (QED) is 0.361. The number of nitrogens with zero attached hydrogens (tertiary/aromatic N) is 2. The van der Waals surface area contributed by atoms with Crippen LogP contribution in [0.5, 0.6) is 0 Å². The van der Waals surface area contributed by atoms with Crippen molar-refractivity contribution in [2.24, 2.45) is 10.2 Å². The highest BCUT2D eigenvalue weighted by Gasteiger charge is 2.21. The first-order valence-corrected chi connectivity index (χ1v) is 11.3. The lowest BCUT2D eigenvalue weighted by molar-refractivity contribution is -0.120. The average molecular weight is 520 g/mol. The molecule has 0 aliphatic heterocycles. The summed E-state index contributed by atoms with van der Waals surface area (Å²) >= 11 is 24.7. The zero-order valence-corrected chi connectivity index (χ0v) is 20.2. The monoisotopic (exact) mass is 518 g/mol. The molecule has 0 aromatic heterocycles. The van der Waals surface area contributed by atoms with Crippen molar-refractivity contribution in [2.45, 2.75) is 24.3 Å². The number of amides is 2. The third-order valence-electron chi connectivity index (χ3n) is 3.81. The molecule has 2 aromatic rings.